The van der Waals surface area contributed by atoms with Crippen LogP contribution >= 0.6 is 11.8 Å². The van der Waals surface area contributed by atoms with Crippen LogP contribution in [0.2, 0.25) is 0 Å². The van der Waals surface area contributed by atoms with Gasteiger partial charge in [0.15, 0.2) is 0 Å². The Labute approximate surface area is 134 Å². The Morgan fingerprint density at radius 2 is 2.05 bits per heavy atom. The topological polar surface area (TPSA) is 61.4 Å². The molecule has 0 saturated carbocycles. The number of rotatable bonds is 6. The first kappa shape index (κ1) is 16.1. The summed E-state index contributed by atoms with van der Waals surface area (Å²) in [7, 11) is 0. The molecule has 1 amide bonds. The van der Waals surface area contributed by atoms with Crippen molar-refractivity contribution in [1.82, 2.24) is 5.48 Å². The van der Waals surface area contributed by atoms with Gasteiger partial charge in [0.1, 0.15) is 0 Å². The Kier molecular flexibility index (Phi) is 6.06. The summed E-state index contributed by atoms with van der Waals surface area (Å²) in [6.45, 7) is 0.700. The highest BCUT2D eigenvalue weighted by molar-refractivity contribution is 7.98. The van der Waals surface area contributed by atoms with Gasteiger partial charge in [-0.15, -0.1) is 11.8 Å². The summed E-state index contributed by atoms with van der Waals surface area (Å²) in [5.74, 6) is -0.544. The second-order valence-electron chi connectivity index (χ2n) is 4.64. The minimum absolute atomic E-state index is 0.544. The van der Waals surface area contributed by atoms with Gasteiger partial charge < -0.3 is 5.32 Å². The van der Waals surface area contributed by atoms with E-state index in [9.17, 15) is 4.79 Å². The highest BCUT2D eigenvalue weighted by Gasteiger charge is 1.98. The van der Waals surface area contributed by atoms with E-state index in [0.717, 1.165) is 16.8 Å². The molecule has 0 atom stereocenters. The SMILES string of the molecule is CSc1cccc(NCc2cccc(/C=C/C(=O)NO)c2)c1. The molecule has 0 fully saturated rings. The summed E-state index contributed by atoms with van der Waals surface area (Å²) in [5.41, 5.74) is 4.66. The van der Waals surface area contributed by atoms with Crippen LogP contribution in [0.3, 0.4) is 0 Å². The zero-order valence-corrected chi connectivity index (χ0v) is 13.1. The summed E-state index contributed by atoms with van der Waals surface area (Å²) >= 11 is 1.71. The lowest BCUT2D eigenvalue weighted by Gasteiger charge is -2.08. The normalized spacial score (nSPS) is 10.6. The largest absolute Gasteiger partial charge is 0.381 e. The van der Waals surface area contributed by atoms with E-state index in [2.05, 4.69) is 23.7 Å². The maximum Gasteiger partial charge on any atom is 0.267 e. The van der Waals surface area contributed by atoms with Crippen molar-refractivity contribution in [2.24, 2.45) is 0 Å². The van der Waals surface area contributed by atoms with Gasteiger partial charge in [-0.25, -0.2) is 5.48 Å². The molecule has 2 rings (SSSR count). The maximum absolute atomic E-state index is 11.0. The van der Waals surface area contributed by atoms with Gasteiger partial charge in [0.05, 0.1) is 0 Å². The zero-order chi connectivity index (χ0) is 15.8. The van der Waals surface area contributed by atoms with Crippen molar-refractivity contribution in [1.29, 1.82) is 0 Å². The molecule has 114 valence electrons. The number of hydrogen-bond acceptors (Lipinski definition) is 4. The summed E-state index contributed by atoms with van der Waals surface area (Å²) in [4.78, 5) is 12.2. The Hall–Kier alpha value is -2.24. The lowest BCUT2D eigenvalue weighted by Crippen LogP contribution is -2.14. The molecule has 0 saturated heterocycles. The van der Waals surface area contributed by atoms with E-state index in [1.54, 1.807) is 23.3 Å². The first-order chi connectivity index (χ1) is 10.7. The first-order valence-electron chi connectivity index (χ1n) is 6.80. The van der Waals surface area contributed by atoms with Crippen molar-refractivity contribution in [2.75, 3.05) is 11.6 Å². The third-order valence-corrected chi connectivity index (χ3v) is 3.78. The Morgan fingerprint density at radius 1 is 1.23 bits per heavy atom. The average molecular weight is 314 g/mol. The van der Waals surface area contributed by atoms with E-state index in [1.165, 1.54) is 11.0 Å². The molecule has 0 aliphatic rings. The molecule has 2 aromatic rings. The van der Waals surface area contributed by atoms with E-state index in [-0.39, 0.29) is 0 Å². The highest BCUT2D eigenvalue weighted by atomic mass is 32.2. The minimum Gasteiger partial charge on any atom is -0.381 e. The maximum atomic E-state index is 11.0. The van der Waals surface area contributed by atoms with Crippen LogP contribution in [-0.4, -0.2) is 17.4 Å². The third-order valence-electron chi connectivity index (χ3n) is 3.05. The van der Waals surface area contributed by atoms with Crippen molar-refractivity contribution in [3.05, 3.63) is 65.7 Å². The Balaban J connectivity index is 2.01. The molecule has 0 aliphatic heterocycles. The molecule has 4 nitrogen and oxygen atoms in total. The van der Waals surface area contributed by atoms with Crippen LogP contribution in [0.25, 0.3) is 6.08 Å². The van der Waals surface area contributed by atoms with Gasteiger partial charge in [-0.2, -0.15) is 0 Å². The number of thioether (sulfide) groups is 1. The van der Waals surface area contributed by atoms with Gasteiger partial charge in [0.2, 0.25) is 0 Å². The summed E-state index contributed by atoms with van der Waals surface area (Å²) < 4.78 is 0. The second-order valence-corrected chi connectivity index (χ2v) is 5.52. The summed E-state index contributed by atoms with van der Waals surface area (Å²) in [6.07, 6.45) is 5.00. The molecule has 0 aliphatic carbocycles. The van der Waals surface area contributed by atoms with Gasteiger partial charge >= 0.3 is 0 Å². The molecule has 0 bridgehead atoms. The van der Waals surface area contributed by atoms with Crippen LogP contribution in [0.1, 0.15) is 11.1 Å². The lowest BCUT2D eigenvalue weighted by molar-refractivity contribution is -0.124. The van der Waals surface area contributed by atoms with Crippen molar-refractivity contribution < 1.29 is 10.0 Å². The van der Waals surface area contributed by atoms with E-state index in [0.29, 0.717) is 6.54 Å². The van der Waals surface area contributed by atoms with E-state index in [1.807, 2.05) is 36.4 Å². The lowest BCUT2D eigenvalue weighted by atomic mass is 10.1. The first-order valence-corrected chi connectivity index (χ1v) is 8.03. The van der Waals surface area contributed by atoms with Crippen LogP contribution in [0, 0.1) is 0 Å². The molecule has 0 unspecified atom stereocenters. The smallest absolute Gasteiger partial charge is 0.267 e. The van der Waals surface area contributed by atoms with Crippen molar-refractivity contribution in [3.63, 3.8) is 0 Å². The van der Waals surface area contributed by atoms with Crippen LogP contribution in [-0.2, 0) is 11.3 Å². The Morgan fingerprint density at radius 3 is 2.82 bits per heavy atom. The number of carbonyl (C=O) groups is 1. The fourth-order valence-corrected chi connectivity index (χ4v) is 2.41. The van der Waals surface area contributed by atoms with Gasteiger partial charge in [-0.3, -0.25) is 10.0 Å². The predicted molar refractivity (Wildman–Crippen MR) is 91.0 cm³/mol. The van der Waals surface area contributed by atoms with E-state index in [4.69, 9.17) is 5.21 Å². The molecule has 5 heteroatoms. The minimum atomic E-state index is -0.544. The van der Waals surface area contributed by atoms with Gasteiger partial charge in [0.25, 0.3) is 5.91 Å². The molecule has 0 heterocycles. The van der Waals surface area contributed by atoms with Crippen LogP contribution < -0.4 is 10.8 Å². The molecule has 3 N–H and O–H groups in total. The van der Waals surface area contributed by atoms with Gasteiger partial charge in [-0.1, -0.05) is 24.3 Å². The molecule has 0 radical (unpaired) electrons. The van der Waals surface area contributed by atoms with Crippen molar-refractivity contribution >= 4 is 29.4 Å². The monoisotopic (exact) mass is 314 g/mol. The summed E-state index contributed by atoms with van der Waals surface area (Å²) in [6, 6.07) is 16.1. The van der Waals surface area contributed by atoms with Crippen molar-refractivity contribution in [2.45, 2.75) is 11.4 Å². The summed E-state index contributed by atoms with van der Waals surface area (Å²) in [5, 5.41) is 11.8. The molecular weight excluding hydrogens is 296 g/mol. The average Bonchev–Trinajstić information content (AvgIpc) is 2.58. The molecular formula is C17H18N2O2S. The van der Waals surface area contributed by atoms with Gasteiger partial charge in [-0.05, 0) is 47.7 Å². The number of nitrogens with one attached hydrogen (secondary N) is 2. The highest BCUT2D eigenvalue weighted by Crippen LogP contribution is 2.19. The molecule has 0 spiro atoms. The molecule has 22 heavy (non-hydrogen) atoms. The molecule has 2 aromatic carbocycles. The number of amides is 1. The standard InChI is InChI=1S/C17H18N2O2S/c1-22-16-7-3-6-15(11-16)18-12-14-5-2-4-13(10-14)8-9-17(20)19-21/h2-11,18,21H,12H2,1H3,(H,19,20)/b9-8+. The number of hydrogen-bond donors (Lipinski definition) is 3. The molecule has 0 aromatic heterocycles. The van der Waals surface area contributed by atoms with E-state index < -0.39 is 5.91 Å². The zero-order valence-electron chi connectivity index (χ0n) is 12.2. The number of benzene rings is 2. The fourth-order valence-electron chi connectivity index (χ4n) is 1.95. The fraction of sp³-hybridized carbons (Fsp3) is 0.118. The van der Waals surface area contributed by atoms with Crippen LogP contribution in [0.5, 0.6) is 0 Å². The van der Waals surface area contributed by atoms with Crippen LogP contribution in [0.15, 0.2) is 59.5 Å². The van der Waals surface area contributed by atoms with E-state index >= 15 is 0 Å². The third kappa shape index (κ3) is 4.95. The van der Waals surface area contributed by atoms with Gasteiger partial charge in [0, 0.05) is 23.2 Å². The number of anilines is 1. The second kappa shape index (κ2) is 8.26. The van der Waals surface area contributed by atoms with Crippen molar-refractivity contribution in [3.8, 4) is 0 Å². The number of hydroxylamine groups is 1. The quantitative estimate of drug-likeness (QED) is 0.330. The van der Waals surface area contributed by atoms with Crippen LogP contribution in [0.4, 0.5) is 5.69 Å². The predicted octanol–water partition coefficient (Wildman–Crippen LogP) is 3.54. The Bertz CT molecular complexity index is 671. The number of carbonyl (C=O) groups excluding carboxylic acids is 1.